The molecule has 146 valence electrons. The largest absolute Gasteiger partial charge is 0.310 e. The van der Waals surface area contributed by atoms with Crippen molar-refractivity contribution in [2.75, 3.05) is 29.9 Å². The summed E-state index contributed by atoms with van der Waals surface area (Å²) in [6.07, 6.45) is 6.22. The number of nitrogens with one attached hydrogen (secondary N) is 1. The van der Waals surface area contributed by atoms with Crippen LogP contribution in [0.5, 0.6) is 0 Å². The molecule has 0 aromatic carbocycles. The smallest absolute Gasteiger partial charge is 0.228 e. The maximum atomic E-state index is 12.7. The first-order valence-electron chi connectivity index (χ1n) is 9.67. The maximum Gasteiger partial charge on any atom is 0.228 e. The Balaban J connectivity index is 1.54. The molecule has 1 N–H and O–H groups in total. The van der Waals surface area contributed by atoms with E-state index in [1.807, 2.05) is 11.6 Å². The van der Waals surface area contributed by atoms with Crippen LogP contribution in [0.1, 0.15) is 44.6 Å². The fraction of sp³-hybridized carbons (Fsp3) is 0.778. The molecule has 0 aliphatic carbocycles. The molecule has 0 saturated carbocycles. The van der Waals surface area contributed by atoms with Crippen LogP contribution in [0.25, 0.3) is 0 Å². The van der Waals surface area contributed by atoms with Crippen LogP contribution in [0, 0.1) is 12.8 Å². The van der Waals surface area contributed by atoms with E-state index in [-0.39, 0.29) is 23.6 Å². The Morgan fingerprint density at radius 3 is 2.65 bits per heavy atom. The zero-order valence-corrected chi connectivity index (χ0v) is 16.6. The molecule has 3 rings (SSSR count). The molecular formula is C18H30N4O3S. The number of nitrogens with zero attached hydrogens (tertiary/aromatic N) is 3. The summed E-state index contributed by atoms with van der Waals surface area (Å²) in [6, 6.07) is 0.140. The number of aromatic nitrogens is 2. The first-order valence-corrected chi connectivity index (χ1v) is 11.5. The van der Waals surface area contributed by atoms with Crippen molar-refractivity contribution in [2.24, 2.45) is 5.92 Å². The topological polar surface area (TPSA) is 84.3 Å². The third-order valence-corrected chi connectivity index (χ3v) is 7.36. The predicted octanol–water partition coefficient (Wildman–Crippen LogP) is 1.83. The summed E-state index contributed by atoms with van der Waals surface area (Å²) in [6.45, 7) is 6.51. The van der Waals surface area contributed by atoms with Gasteiger partial charge < -0.3 is 5.32 Å². The van der Waals surface area contributed by atoms with Gasteiger partial charge in [-0.1, -0.05) is 13.3 Å². The normalized spacial score (nSPS) is 24.0. The number of piperidine rings is 1. The van der Waals surface area contributed by atoms with E-state index in [0.29, 0.717) is 5.75 Å². The number of unbranched alkanes of at least 4 members (excludes halogenated alkanes) is 1. The predicted molar refractivity (Wildman–Crippen MR) is 102 cm³/mol. The summed E-state index contributed by atoms with van der Waals surface area (Å²) in [5.41, 5.74) is 0.989. The van der Waals surface area contributed by atoms with Crippen LogP contribution < -0.4 is 5.32 Å². The molecule has 0 spiro atoms. The van der Waals surface area contributed by atoms with Gasteiger partial charge in [0, 0.05) is 24.1 Å². The number of amides is 1. The van der Waals surface area contributed by atoms with Gasteiger partial charge in [0.2, 0.25) is 5.91 Å². The summed E-state index contributed by atoms with van der Waals surface area (Å²) >= 11 is 0. The van der Waals surface area contributed by atoms with Crippen LogP contribution >= 0.6 is 0 Å². The standard InChI is InChI=1S/C18H30N4O3S/c1-3-4-8-22-17(14(2)12-19-22)20-18(23)15-5-9-21(10-6-15)16-7-11-26(24,25)13-16/h12,15-16H,3-11,13H2,1-2H3,(H,20,23). The highest BCUT2D eigenvalue weighted by molar-refractivity contribution is 7.91. The van der Waals surface area contributed by atoms with Crippen molar-refractivity contribution in [1.29, 1.82) is 0 Å². The SMILES string of the molecule is CCCCn1ncc(C)c1NC(=O)C1CCN(C2CCS(=O)(=O)C2)CC1. The lowest BCUT2D eigenvalue weighted by atomic mass is 9.94. The van der Waals surface area contributed by atoms with Crippen molar-refractivity contribution >= 4 is 21.6 Å². The lowest BCUT2D eigenvalue weighted by Gasteiger charge is -2.34. The third kappa shape index (κ3) is 4.46. The van der Waals surface area contributed by atoms with Gasteiger partial charge >= 0.3 is 0 Å². The molecule has 2 aliphatic heterocycles. The number of hydrogen-bond donors (Lipinski definition) is 1. The van der Waals surface area contributed by atoms with Crippen LogP contribution in [0.15, 0.2) is 6.20 Å². The second-order valence-electron chi connectivity index (χ2n) is 7.61. The van der Waals surface area contributed by atoms with E-state index in [2.05, 4.69) is 22.2 Å². The fourth-order valence-corrected chi connectivity index (χ4v) is 5.69. The average molecular weight is 383 g/mol. The molecular weight excluding hydrogens is 352 g/mol. The summed E-state index contributed by atoms with van der Waals surface area (Å²) in [5, 5.41) is 7.45. The van der Waals surface area contributed by atoms with Crippen LogP contribution in [0.3, 0.4) is 0 Å². The molecule has 2 saturated heterocycles. The highest BCUT2D eigenvalue weighted by Crippen LogP contribution is 2.26. The Labute approximate surface area is 156 Å². The molecule has 7 nitrogen and oxygen atoms in total. The van der Waals surface area contributed by atoms with Gasteiger partial charge in [0.1, 0.15) is 5.82 Å². The van der Waals surface area contributed by atoms with E-state index in [4.69, 9.17) is 0 Å². The summed E-state index contributed by atoms with van der Waals surface area (Å²) in [7, 11) is -2.86. The monoisotopic (exact) mass is 382 g/mol. The summed E-state index contributed by atoms with van der Waals surface area (Å²) < 4.78 is 25.2. The quantitative estimate of drug-likeness (QED) is 0.811. The van der Waals surface area contributed by atoms with Crippen LogP contribution in [0.2, 0.25) is 0 Å². The molecule has 1 aromatic rings. The number of hydrogen-bond acceptors (Lipinski definition) is 5. The number of anilines is 1. The van der Waals surface area contributed by atoms with Crippen molar-refractivity contribution in [1.82, 2.24) is 14.7 Å². The fourth-order valence-electron chi connectivity index (χ4n) is 3.93. The molecule has 0 bridgehead atoms. The number of sulfone groups is 1. The van der Waals surface area contributed by atoms with Crippen molar-refractivity contribution < 1.29 is 13.2 Å². The lowest BCUT2D eigenvalue weighted by Crippen LogP contribution is -2.44. The lowest BCUT2D eigenvalue weighted by molar-refractivity contribution is -0.121. The van der Waals surface area contributed by atoms with Crippen LogP contribution in [-0.2, 0) is 21.2 Å². The maximum absolute atomic E-state index is 12.7. The Hall–Kier alpha value is -1.41. The van der Waals surface area contributed by atoms with E-state index in [1.165, 1.54) is 0 Å². The molecule has 1 aromatic heterocycles. The van der Waals surface area contributed by atoms with Gasteiger partial charge in [0.25, 0.3) is 0 Å². The number of rotatable bonds is 6. The molecule has 26 heavy (non-hydrogen) atoms. The van der Waals surface area contributed by atoms with E-state index in [0.717, 1.165) is 63.1 Å². The second-order valence-corrected chi connectivity index (χ2v) is 9.84. The molecule has 1 atom stereocenters. The van der Waals surface area contributed by atoms with Gasteiger partial charge in [-0.3, -0.25) is 9.69 Å². The van der Waals surface area contributed by atoms with Gasteiger partial charge in [0.15, 0.2) is 9.84 Å². The van der Waals surface area contributed by atoms with Gasteiger partial charge in [0.05, 0.1) is 17.7 Å². The van der Waals surface area contributed by atoms with E-state index in [1.54, 1.807) is 6.20 Å². The Kier molecular flexibility index (Phi) is 6.02. The van der Waals surface area contributed by atoms with Gasteiger partial charge in [-0.05, 0) is 45.7 Å². The van der Waals surface area contributed by atoms with Crippen LogP contribution in [-0.4, -0.2) is 59.6 Å². The molecule has 2 fully saturated rings. The van der Waals surface area contributed by atoms with E-state index < -0.39 is 9.84 Å². The van der Waals surface area contributed by atoms with Crippen molar-refractivity contribution in [3.63, 3.8) is 0 Å². The first kappa shape index (κ1) is 19.4. The molecule has 1 unspecified atom stereocenters. The molecule has 0 radical (unpaired) electrons. The van der Waals surface area contributed by atoms with E-state index in [9.17, 15) is 13.2 Å². The van der Waals surface area contributed by atoms with Gasteiger partial charge in [-0.2, -0.15) is 5.10 Å². The Morgan fingerprint density at radius 1 is 1.31 bits per heavy atom. The zero-order valence-electron chi connectivity index (χ0n) is 15.8. The molecule has 1 amide bonds. The number of carbonyl (C=O) groups is 1. The highest BCUT2D eigenvalue weighted by atomic mass is 32.2. The van der Waals surface area contributed by atoms with Gasteiger partial charge in [-0.25, -0.2) is 13.1 Å². The highest BCUT2D eigenvalue weighted by Gasteiger charge is 2.35. The molecule has 3 heterocycles. The van der Waals surface area contributed by atoms with Crippen molar-refractivity contribution in [3.05, 3.63) is 11.8 Å². The summed E-state index contributed by atoms with van der Waals surface area (Å²) in [4.78, 5) is 15.0. The zero-order chi connectivity index (χ0) is 18.7. The number of carbonyl (C=O) groups excluding carboxylic acids is 1. The molecule has 2 aliphatic rings. The minimum atomic E-state index is -2.86. The minimum absolute atomic E-state index is 0.0156. The Morgan fingerprint density at radius 2 is 2.04 bits per heavy atom. The minimum Gasteiger partial charge on any atom is -0.310 e. The number of likely N-dealkylation sites (tertiary alicyclic amines) is 1. The average Bonchev–Trinajstić information content (AvgIpc) is 3.16. The number of aryl methyl sites for hydroxylation is 2. The summed E-state index contributed by atoms with van der Waals surface area (Å²) in [5.74, 6) is 1.44. The molecule has 8 heteroatoms. The second kappa shape index (κ2) is 8.08. The van der Waals surface area contributed by atoms with Gasteiger partial charge in [-0.15, -0.1) is 0 Å². The first-order chi connectivity index (χ1) is 12.4. The van der Waals surface area contributed by atoms with E-state index >= 15 is 0 Å². The Bertz CT molecular complexity index is 736. The third-order valence-electron chi connectivity index (χ3n) is 5.61. The van der Waals surface area contributed by atoms with Crippen LogP contribution in [0.4, 0.5) is 5.82 Å². The van der Waals surface area contributed by atoms with Crippen molar-refractivity contribution in [2.45, 2.75) is 58.5 Å². The van der Waals surface area contributed by atoms with Crippen molar-refractivity contribution in [3.8, 4) is 0 Å².